The number of carbonyl (C=O) groups excluding carboxylic acids is 2. The molecule has 0 aliphatic rings. The van der Waals surface area contributed by atoms with Gasteiger partial charge in [-0.25, -0.2) is 4.79 Å². The van der Waals surface area contributed by atoms with E-state index in [9.17, 15) is 19.8 Å². The molecule has 2 aromatic carbocycles. The van der Waals surface area contributed by atoms with Gasteiger partial charge in [-0.05, 0) is 54.3 Å². The number of nitrogens with one attached hydrogen (secondary N) is 1. The number of carbonyl (C=O) groups is 2. The lowest BCUT2D eigenvalue weighted by Gasteiger charge is -2.26. The number of amides is 1. The zero-order valence-corrected chi connectivity index (χ0v) is 17.9. The van der Waals surface area contributed by atoms with Crippen molar-refractivity contribution in [2.75, 3.05) is 6.61 Å². The van der Waals surface area contributed by atoms with Crippen molar-refractivity contribution in [1.29, 1.82) is 0 Å². The van der Waals surface area contributed by atoms with E-state index in [0.717, 1.165) is 22.8 Å². The highest BCUT2D eigenvalue weighted by molar-refractivity contribution is 6.35. The molecule has 0 bridgehead atoms. The molecule has 3 atom stereocenters. The van der Waals surface area contributed by atoms with Crippen LogP contribution in [0.4, 0.5) is 0 Å². The first-order valence-electron chi connectivity index (χ1n) is 9.26. The molecule has 0 aliphatic heterocycles. The molecule has 8 heteroatoms. The minimum absolute atomic E-state index is 0.0568. The fraction of sp³-hybridized carbons (Fsp3) is 0.273. The van der Waals surface area contributed by atoms with Crippen LogP contribution >= 0.6 is 23.2 Å². The van der Waals surface area contributed by atoms with E-state index in [4.69, 9.17) is 27.9 Å². The van der Waals surface area contributed by atoms with E-state index >= 15 is 0 Å². The zero-order valence-electron chi connectivity index (χ0n) is 16.3. The molecule has 30 heavy (non-hydrogen) atoms. The zero-order chi connectivity index (χ0) is 22.3. The van der Waals surface area contributed by atoms with Crippen molar-refractivity contribution in [2.24, 2.45) is 0 Å². The number of aliphatic hydroxyl groups is 2. The van der Waals surface area contributed by atoms with Crippen molar-refractivity contribution < 1.29 is 24.5 Å². The lowest BCUT2D eigenvalue weighted by molar-refractivity contribution is -0.160. The quantitative estimate of drug-likeness (QED) is 0.401. The molecule has 160 valence electrons. The van der Waals surface area contributed by atoms with Crippen LogP contribution in [0, 0.1) is 0 Å². The van der Waals surface area contributed by atoms with Crippen molar-refractivity contribution >= 4 is 35.1 Å². The molecular weight excluding hydrogens is 429 g/mol. The third-order valence-electron chi connectivity index (χ3n) is 4.38. The largest absolute Gasteiger partial charge is 0.464 e. The first-order chi connectivity index (χ1) is 14.2. The summed E-state index contributed by atoms with van der Waals surface area (Å²) < 4.78 is 4.74. The second kappa shape index (κ2) is 11.1. The molecule has 0 saturated carbocycles. The Morgan fingerprint density at radius 3 is 2.23 bits per heavy atom. The number of halogens is 2. The van der Waals surface area contributed by atoms with Gasteiger partial charge in [-0.3, -0.25) is 4.79 Å². The van der Waals surface area contributed by atoms with Crippen molar-refractivity contribution in [1.82, 2.24) is 5.32 Å². The van der Waals surface area contributed by atoms with Crippen LogP contribution in [-0.4, -0.2) is 46.9 Å². The fourth-order valence-electron chi connectivity index (χ4n) is 2.89. The number of aliphatic hydroxyl groups excluding tert-OH is 2. The van der Waals surface area contributed by atoms with E-state index in [1.807, 2.05) is 12.1 Å². The van der Waals surface area contributed by atoms with Crippen LogP contribution in [-0.2, 0) is 20.7 Å². The minimum Gasteiger partial charge on any atom is -0.464 e. The molecule has 3 N–H and O–H groups in total. The maximum Gasteiger partial charge on any atom is 0.337 e. The van der Waals surface area contributed by atoms with Gasteiger partial charge in [-0.2, -0.15) is 0 Å². The number of rotatable bonds is 9. The van der Waals surface area contributed by atoms with E-state index in [1.54, 1.807) is 37.3 Å². The summed E-state index contributed by atoms with van der Waals surface area (Å²) in [7, 11) is 0. The predicted molar refractivity (Wildman–Crippen MR) is 116 cm³/mol. The SMILES string of the molecule is C=CC(=O)N[C@@H](Cc1ccc(-c2cc(Cl)cc(Cl)c2)cc1)[C@@H](O)[C@H](O)C(=O)OCC. The Kier molecular flexibility index (Phi) is 8.87. The summed E-state index contributed by atoms with van der Waals surface area (Å²) in [5, 5.41) is 24.1. The average molecular weight is 452 g/mol. The van der Waals surface area contributed by atoms with Crippen LogP contribution in [0.1, 0.15) is 12.5 Å². The monoisotopic (exact) mass is 451 g/mol. The molecule has 6 nitrogen and oxygen atoms in total. The van der Waals surface area contributed by atoms with Gasteiger partial charge in [0.1, 0.15) is 6.10 Å². The lowest BCUT2D eigenvalue weighted by Crippen LogP contribution is -2.52. The first-order valence-corrected chi connectivity index (χ1v) is 10.0. The summed E-state index contributed by atoms with van der Waals surface area (Å²) >= 11 is 12.1. The molecule has 0 radical (unpaired) electrons. The van der Waals surface area contributed by atoms with Gasteiger partial charge in [-0.15, -0.1) is 0 Å². The number of benzene rings is 2. The van der Waals surface area contributed by atoms with Crippen LogP contribution in [0.2, 0.25) is 10.0 Å². The third kappa shape index (κ3) is 6.57. The maximum absolute atomic E-state index is 11.8. The van der Waals surface area contributed by atoms with Crippen LogP contribution in [0.3, 0.4) is 0 Å². The first kappa shape index (κ1) is 23.9. The smallest absolute Gasteiger partial charge is 0.337 e. The summed E-state index contributed by atoms with van der Waals surface area (Å²) in [5.74, 6) is -1.50. The maximum atomic E-state index is 11.8. The average Bonchev–Trinajstić information content (AvgIpc) is 2.72. The molecule has 2 aromatic rings. The second-order valence-corrected chi connectivity index (χ2v) is 7.44. The molecule has 1 amide bonds. The normalized spacial score (nSPS) is 13.8. The highest BCUT2D eigenvalue weighted by atomic mass is 35.5. The van der Waals surface area contributed by atoms with Crippen molar-refractivity contribution in [3.8, 4) is 11.1 Å². The Morgan fingerprint density at radius 1 is 1.10 bits per heavy atom. The minimum atomic E-state index is -1.80. The standard InChI is InChI=1S/C22H23Cl2NO5/c1-3-19(26)25-18(20(27)21(28)22(29)30-4-2)9-13-5-7-14(8-6-13)15-10-16(23)12-17(24)11-15/h3,5-8,10-12,18,20-21,27-28H,1,4,9H2,2H3,(H,25,26)/t18-,20+,21-/m0/s1. The van der Waals surface area contributed by atoms with E-state index in [2.05, 4.69) is 11.9 Å². The molecule has 0 spiro atoms. The molecule has 0 fully saturated rings. The molecule has 0 aromatic heterocycles. The van der Waals surface area contributed by atoms with Gasteiger partial charge in [0.25, 0.3) is 0 Å². The Labute approximate surface area is 185 Å². The Bertz CT molecular complexity index is 881. The van der Waals surface area contributed by atoms with Gasteiger partial charge < -0.3 is 20.3 Å². The second-order valence-electron chi connectivity index (χ2n) is 6.57. The molecule has 0 unspecified atom stereocenters. The number of ether oxygens (including phenoxy) is 1. The predicted octanol–water partition coefficient (Wildman–Crippen LogP) is 3.16. The molecule has 0 aliphatic carbocycles. The summed E-state index contributed by atoms with van der Waals surface area (Å²) in [5.41, 5.74) is 2.48. The van der Waals surface area contributed by atoms with Gasteiger partial charge in [0.05, 0.1) is 12.6 Å². The highest BCUT2D eigenvalue weighted by Gasteiger charge is 2.33. The summed E-state index contributed by atoms with van der Waals surface area (Å²) in [4.78, 5) is 23.5. The van der Waals surface area contributed by atoms with E-state index in [1.165, 1.54) is 0 Å². The van der Waals surface area contributed by atoms with Gasteiger partial charge in [0, 0.05) is 10.0 Å². The Morgan fingerprint density at radius 2 is 1.70 bits per heavy atom. The summed E-state index contributed by atoms with van der Waals surface area (Å²) in [6.07, 6.45) is -2.16. The number of hydrogen-bond donors (Lipinski definition) is 3. The molecule has 0 saturated heterocycles. The third-order valence-corrected chi connectivity index (χ3v) is 4.82. The van der Waals surface area contributed by atoms with Crippen LogP contribution in [0.25, 0.3) is 11.1 Å². The Balaban J connectivity index is 2.21. The van der Waals surface area contributed by atoms with Gasteiger partial charge in [0.15, 0.2) is 6.10 Å². The highest BCUT2D eigenvalue weighted by Crippen LogP contribution is 2.27. The number of hydrogen-bond acceptors (Lipinski definition) is 5. The molecular formula is C22H23Cl2NO5. The number of esters is 1. The summed E-state index contributed by atoms with van der Waals surface area (Å²) in [6.45, 7) is 5.02. The topological polar surface area (TPSA) is 95.9 Å². The van der Waals surface area contributed by atoms with Crippen LogP contribution in [0.5, 0.6) is 0 Å². The molecule has 2 rings (SSSR count). The van der Waals surface area contributed by atoms with Crippen molar-refractivity contribution in [2.45, 2.75) is 31.6 Å². The lowest BCUT2D eigenvalue weighted by atomic mass is 9.96. The van der Waals surface area contributed by atoms with E-state index in [-0.39, 0.29) is 13.0 Å². The van der Waals surface area contributed by atoms with Gasteiger partial charge in [-0.1, -0.05) is 54.0 Å². The van der Waals surface area contributed by atoms with Crippen molar-refractivity contribution in [3.63, 3.8) is 0 Å². The van der Waals surface area contributed by atoms with Crippen LogP contribution in [0.15, 0.2) is 55.1 Å². The molecule has 0 heterocycles. The van der Waals surface area contributed by atoms with E-state index < -0.39 is 30.1 Å². The summed E-state index contributed by atoms with van der Waals surface area (Å²) in [6, 6.07) is 11.6. The fourth-order valence-corrected chi connectivity index (χ4v) is 3.42. The van der Waals surface area contributed by atoms with Crippen LogP contribution < -0.4 is 5.32 Å². The van der Waals surface area contributed by atoms with Gasteiger partial charge >= 0.3 is 5.97 Å². The Hall–Kier alpha value is -2.38. The van der Waals surface area contributed by atoms with Gasteiger partial charge in [0.2, 0.25) is 5.91 Å². The van der Waals surface area contributed by atoms with Crippen molar-refractivity contribution in [3.05, 3.63) is 70.7 Å². The van der Waals surface area contributed by atoms with E-state index in [0.29, 0.717) is 10.0 Å².